The van der Waals surface area contributed by atoms with E-state index in [4.69, 9.17) is 17.4 Å². The number of carbonyl (C=O) groups is 1. The van der Waals surface area contributed by atoms with E-state index in [1.54, 1.807) is 12.1 Å². The molecule has 0 aliphatic heterocycles. The van der Waals surface area contributed by atoms with Gasteiger partial charge in [-0.2, -0.15) is 0 Å². The Hall–Kier alpha value is -2.51. The Balaban J connectivity index is 1.56. The van der Waals surface area contributed by atoms with Crippen LogP contribution in [-0.4, -0.2) is 26.5 Å². The highest BCUT2D eigenvalue weighted by molar-refractivity contribution is 7.99. The SMILES string of the molecule is Cc1ccc(CNC(=O)CSc2nnc(-c3cccc(Cl)c3)n2N)cc1. The lowest BCUT2D eigenvalue weighted by Gasteiger charge is -2.06. The zero-order chi connectivity index (χ0) is 18.5. The second-order valence-corrected chi connectivity index (χ2v) is 7.12. The van der Waals surface area contributed by atoms with E-state index in [-0.39, 0.29) is 11.7 Å². The Morgan fingerprint density at radius 3 is 2.73 bits per heavy atom. The molecule has 0 saturated carbocycles. The lowest BCUT2D eigenvalue weighted by molar-refractivity contribution is -0.118. The zero-order valence-corrected chi connectivity index (χ0v) is 15.7. The molecule has 0 radical (unpaired) electrons. The summed E-state index contributed by atoms with van der Waals surface area (Å²) in [4.78, 5) is 12.0. The number of thioether (sulfide) groups is 1. The van der Waals surface area contributed by atoms with Crippen molar-refractivity contribution in [3.8, 4) is 11.4 Å². The summed E-state index contributed by atoms with van der Waals surface area (Å²) >= 11 is 7.23. The van der Waals surface area contributed by atoms with Crippen LogP contribution in [0.4, 0.5) is 0 Å². The highest BCUT2D eigenvalue weighted by Gasteiger charge is 2.14. The molecule has 3 aromatic rings. The van der Waals surface area contributed by atoms with Crippen molar-refractivity contribution in [2.45, 2.75) is 18.6 Å². The van der Waals surface area contributed by atoms with Crippen LogP contribution in [0, 0.1) is 6.92 Å². The van der Waals surface area contributed by atoms with Gasteiger partial charge in [-0.25, -0.2) is 4.68 Å². The molecule has 0 fully saturated rings. The number of aryl methyl sites for hydroxylation is 1. The average Bonchev–Trinajstić information content (AvgIpc) is 3.00. The topological polar surface area (TPSA) is 85.8 Å². The van der Waals surface area contributed by atoms with E-state index in [1.165, 1.54) is 22.0 Å². The number of nitrogen functional groups attached to an aromatic ring is 1. The molecule has 26 heavy (non-hydrogen) atoms. The third-order valence-electron chi connectivity index (χ3n) is 3.69. The number of halogens is 1. The Morgan fingerprint density at radius 1 is 1.23 bits per heavy atom. The Bertz CT molecular complexity index is 910. The van der Waals surface area contributed by atoms with Gasteiger partial charge in [0.15, 0.2) is 5.82 Å². The monoisotopic (exact) mass is 387 g/mol. The molecule has 0 atom stereocenters. The van der Waals surface area contributed by atoms with Gasteiger partial charge >= 0.3 is 0 Å². The van der Waals surface area contributed by atoms with Crippen molar-refractivity contribution in [3.63, 3.8) is 0 Å². The second kappa shape index (κ2) is 8.25. The van der Waals surface area contributed by atoms with Gasteiger partial charge in [0, 0.05) is 17.1 Å². The van der Waals surface area contributed by atoms with Gasteiger partial charge in [0.05, 0.1) is 5.75 Å². The van der Waals surface area contributed by atoms with Crippen molar-refractivity contribution in [3.05, 3.63) is 64.7 Å². The molecule has 134 valence electrons. The van der Waals surface area contributed by atoms with E-state index < -0.39 is 0 Å². The predicted molar refractivity (Wildman–Crippen MR) is 104 cm³/mol. The van der Waals surface area contributed by atoms with Crippen molar-refractivity contribution in [2.75, 3.05) is 11.6 Å². The van der Waals surface area contributed by atoms with Crippen LogP contribution in [0.1, 0.15) is 11.1 Å². The molecule has 1 heterocycles. The summed E-state index contributed by atoms with van der Waals surface area (Å²) in [5.41, 5.74) is 3.01. The summed E-state index contributed by atoms with van der Waals surface area (Å²) in [5.74, 6) is 6.65. The Morgan fingerprint density at radius 2 is 2.00 bits per heavy atom. The van der Waals surface area contributed by atoms with Gasteiger partial charge < -0.3 is 11.2 Å². The van der Waals surface area contributed by atoms with E-state index in [0.717, 1.165) is 11.1 Å². The van der Waals surface area contributed by atoms with Gasteiger partial charge in [0.1, 0.15) is 0 Å². The van der Waals surface area contributed by atoms with Crippen molar-refractivity contribution in [2.24, 2.45) is 0 Å². The molecule has 0 unspecified atom stereocenters. The third kappa shape index (κ3) is 4.56. The summed E-state index contributed by atoms with van der Waals surface area (Å²) in [7, 11) is 0. The summed E-state index contributed by atoms with van der Waals surface area (Å²) in [6.07, 6.45) is 0. The van der Waals surface area contributed by atoms with E-state index in [9.17, 15) is 4.79 Å². The summed E-state index contributed by atoms with van der Waals surface area (Å²) < 4.78 is 1.36. The molecule has 3 rings (SSSR count). The Kier molecular flexibility index (Phi) is 5.80. The predicted octanol–water partition coefficient (Wildman–Crippen LogP) is 3.03. The maximum absolute atomic E-state index is 12.0. The number of aromatic nitrogens is 3. The average molecular weight is 388 g/mol. The van der Waals surface area contributed by atoms with Gasteiger partial charge in [0.25, 0.3) is 0 Å². The largest absolute Gasteiger partial charge is 0.351 e. The highest BCUT2D eigenvalue weighted by atomic mass is 35.5. The first-order valence-corrected chi connectivity index (χ1v) is 9.31. The summed E-state index contributed by atoms with van der Waals surface area (Å²) in [5, 5.41) is 12.1. The second-order valence-electron chi connectivity index (χ2n) is 5.74. The first-order valence-electron chi connectivity index (χ1n) is 7.94. The van der Waals surface area contributed by atoms with Crippen LogP contribution in [0.2, 0.25) is 5.02 Å². The molecule has 1 aromatic heterocycles. The molecule has 2 aromatic carbocycles. The molecule has 0 bridgehead atoms. The standard InChI is InChI=1S/C18H18ClN5OS/c1-12-5-7-13(8-6-12)10-21-16(25)11-26-18-23-22-17(24(18)20)14-3-2-4-15(19)9-14/h2-9H,10-11,20H2,1H3,(H,21,25). The summed E-state index contributed by atoms with van der Waals surface area (Å²) in [6, 6.07) is 15.2. The van der Waals surface area contributed by atoms with Gasteiger partial charge in [-0.05, 0) is 24.6 Å². The van der Waals surface area contributed by atoms with Crippen molar-refractivity contribution in [1.29, 1.82) is 0 Å². The maximum Gasteiger partial charge on any atom is 0.230 e. The number of carbonyl (C=O) groups excluding carboxylic acids is 1. The zero-order valence-electron chi connectivity index (χ0n) is 14.1. The molecule has 0 saturated heterocycles. The molecule has 1 amide bonds. The van der Waals surface area contributed by atoms with Crippen molar-refractivity contribution < 1.29 is 4.79 Å². The van der Waals surface area contributed by atoms with E-state index in [1.807, 2.05) is 43.3 Å². The minimum absolute atomic E-state index is 0.0946. The Labute approximate surface area is 160 Å². The molecule has 0 spiro atoms. The smallest absolute Gasteiger partial charge is 0.230 e. The van der Waals surface area contributed by atoms with Crippen LogP contribution in [0.15, 0.2) is 53.7 Å². The van der Waals surface area contributed by atoms with Crippen molar-refractivity contribution >= 4 is 29.3 Å². The van der Waals surface area contributed by atoms with Crippen LogP contribution in [0.25, 0.3) is 11.4 Å². The molecule has 0 aliphatic carbocycles. The fraction of sp³-hybridized carbons (Fsp3) is 0.167. The first kappa shape index (κ1) is 18.3. The van der Waals surface area contributed by atoms with E-state index in [0.29, 0.717) is 22.5 Å². The maximum atomic E-state index is 12.0. The number of nitrogens with two attached hydrogens (primary N) is 1. The van der Waals surface area contributed by atoms with E-state index >= 15 is 0 Å². The fourth-order valence-electron chi connectivity index (χ4n) is 2.29. The quantitative estimate of drug-likeness (QED) is 0.501. The van der Waals surface area contributed by atoms with E-state index in [2.05, 4.69) is 15.5 Å². The minimum Gasteiger partial charge on any atom is -0.351 e. The molecular weight excluding hydrogens is 370 g/mol. The van der Waals surface area contributed by atoms with Gasteiger partial charge in [-0.15, -0.1) is 10.2 Å². The minimum atomic E-state index is -0.0946. The number of nitrogens with zero attached hydrogens (tertiary/aromatic N) is 3. The van der Waals surface area contributed by atoms with Crippen LogP contribution in [0.3, 0.4) is 0 Å². The van der Waals surface area contributed by atoms with Crippen LogP contribution >= 0.6 is 23.4 Å². The number of rotatable bonds is 6. The normalized spacial score (nSPS) is 10.7. The fourth-order valence-corrected chi connectivity index (χ4v) is 3.16. The van der Waals surface area contributed by atoms with Crippen LogP contribution in [-0.2, 0) is 11.3 Å². The molecule has 6 nitrogen and oxygen atoms in total. The van der Waals surface area contributed by atoms with Gasteiger partial charge in [0.2, 0.25) is 11.1 Å². The molecule has 8 heteroatoms. The highest BCUT2D eigenvalue weighted by Crippen LogP contribution is 2.23. The van der Waals surface area contributed by atoms with Gasteiger partial charge in [-0.3, -0.25) is 4.79 Å². The molecule has 0 aliphatic rings. The number of hydrogen-bond donors (Lipinski definition) is 2. The number of amides is 1. The van der Waals surface area contributed by atoms with Crippen LogP contribution in [0.5, 0.6) is 0 Å². The first-order chi connectivity index (χ1) is 12.5. The van der Waals surface area contributed by atoms with Crippen molar-refractivity contribution in [1.82, 2.24) is 20.2 Å². The number of hydrogen-bond acceptors (Lipinski definition) is 5. The number of benzene rings is 2. The number of nitrogens with one attached hydrogen (secondary N) is 1. The molecular formula is C18H18ClN5OS. The third-order valence-corrected chi connectivity index (χ3v) is 4.87. The summed E-state index contributed by atoms with van der Waals surface area (Å²) in [6.45, 7) is 2.52. The lowest BCUT2D eigenvalue weighted by atomic mass is 10.1. The van der Waals surface area contributed by atoms with Gasteiger partial charge in [-0.1, -0.05) is 65.3 Å². The van der Waals surface area contributed by atoms with Crippen LogP contribution < -0.4 is 11.2 Å². The molecule has 3 N–H and O–H groups in total. The lowest BCUT2D eigenvalue weighted by Crippen LogP contribution is -2.25.